The number of ether oxygens (including phenoxy) is 1. The number of amides is 1. The van der Waals surface area contributed by atoms with Crippen LogP contribution in [0.25, 0.3) is 0 Å². The Bertz CT molecular complexity index is 929. The standard InChI is InChI=1S/C19H23FN2O4S/c1-5-22(13-14-9-10-18(26-4)17(20)11-14)19(23)15-7-6-8-16(12-15)27(24,25)21(2)3/h6-12H,5,13H2,1-4H3. The van der Waals surface area contributed by atoms with E-state index in [1.807, 2.05) is 0 Å². The summed E-state index contributed by atoms with van der Waals surface area (Å²) in [6, 6.07) is 10.4. The highest BCUT2D eigenvalue weighted by molar-refractivity contribution is 7.89. The lowest BCUT2D eigenvalue weighted by Crippen LogP contribution is -2.30. The summed E-state index contributed by atoms with van der Waals surface area (Å²) in [7, 11) is 0.607. The molecule has 0 atom stereocenters. The Kier molecular flexibility index (Phi) is 6.56. The number of halogens is 1. The average molecular weight is 394 g/mol. The highest BCUT2D eigenvalue weighted by Crippen LogP contribution is 2.20. The fourth-order valence-electron chi connectivity index (χ4n) is 2.54. The van der Waals surface area contributed by atoms with E-state index in [9.17, 15) is 17.6 Å². The summed E-state index contributed by atoms with van der Waals surface area (Å²) in [5.41, 5.74) is 0.870. The molecule has 0 heterocycles. The molecular weight excluding hydrogens is 371 g/mol. The van der Waals surface area contributed by atoms with Gasteiger partial charge in [0.1, 0.15) is 0 Å². The maximum absolute atomic E-state index is 13.9. The number of carbonyl (C=O) groups excluding carboxylic acids is 1. The molecule has 2 aromatic carbocycles. The Hall–Kier alpha value is -2.45. The van der Waals surface area contributed by atoms with E-state index in [0.29, 0.717) is 12.1 Å². The van der Waals surface area contributed by atoms with Crippen molar-refractivity contribution in [2.24, 2.45) is 0 Å². The Balaban J connectivity index is 2.28. The lowest BCUT2D eigenvalue weighted by atomic mass is 10.1. The smallest absolute Gasteiger partial charge is 0.254 e. The zero-order chi connectivity index (χ0) is 20.2. The Labute approximate surface area is 159 Å². The molecule has 0 fully saturated rings. The minimum Gasteiger partial charge on any atom is -0.494 e. The van der Waals surface area contributed by atoms with Gasteiger partial charge in [0.25, 0.3) is 5.91 Å². The van der Waals surface area contributed by atoms with Crippen molar-refractivity contribution in [1.82, 2.24) is 9.21 Å². The number of rotatable bonds is 7. The van der Waals surface area contributed by atoms with Crippen molar-refractivity contribution in [3.05, 3.63) is 59.4 Å². The second kappa shape index (κ2) is 8.49. The fourth-order valence-corrected chi connectivity index (χ4v) is 3.49. The summed E-state index contributed by atoms with van der Waals surface area (Å²) < 4.78 is 44.4. The third-order valence-electron chi connectivity index (χ3n) is 4.12. The first kappa shape index (κ1) is 20.9. The van der Waals surface area contributed by atoms with E-state index < -0.39 is 15.8 Å². The minimum atomic E-state index is -3.64. The van der Waals surface area contributed by atoms with E-state index >= 15 is 0 Å². The molecule has 1 amide bonds. The average Bonchev–Trinajstić information content (AvgIpc) is 2.65. The topological polar surface area (TPSA) is 66.9 Å². The largest absolute Gasteiger partial charge is 0.494 e. The van der Waals surface area contributed by atoms with Crippen LogP contribution in [0.5, 0.6) is 5.75 Å². The van der Waals surface area contributed by atoms with Crippen LogP contribution in [0.1, 0.15) is 22.8 Å². The predicted molar refractivity (Wildman–Crippen MR) is 101 cm³/mol. The summed E-state index contributed by atoms with van der Waals surface area (Å²) in [6.07, 6.45) is 0. The van der Waals surface area contributed by atoms with Crippen molar-refractivity contribution in [3.8, 4) is 5.75 Å². The Morgan fingerprint density at radius 3 is 2.41 bits per heavy atom. The normalized spacial score (nSPS) is 11.5. The van der Waals surface area contributed by atoms with Crippen LogP contribution in [0.4, 0.5) is 4.39 Å². The SMILES string of the molecule is CCN(Cc1ccc(OC)c(F)c1)C(=O)c1cccc(S(=O)(=O)N(C)C)c1. The summed E-state index contributed by atoms with van der Waals surface area (Å²) in [5.74, 6) is -0.697. The number of methoxy groups -OCH3 is 1. The van der Waals surface area contributed by atoms with E-state index in [4.69, 9.17) is 4.74 Å². The molecule has 146 valence electrons. The highest BCUT2D eigenvalue weighted by Gasteiger charge is 2.21. The number of sulfonamides is 1. The number of carbonyl (C=O) groups is 1. The third kappa shape index (κ3) is 4.64. The molecule has 0 aliphatic rings. The molecule has 27 heavy (non-hydrogen) atoms. The molecule has 0 aromatic heterocycles. The van der Waals surface area contributed by atoms with Gasteiger partial charge in [-0.05, 0) is 42.8 Å². The quantitative estimate of drug-likeness (QED) is 0.724. The van der Waals surface area contributed by atoms with Gasteiger partial charge in [-0.25, -0.2) is 17.1 Å². The van der Waals surface area contributed by atoms with Gasteiger partial charge in [0.15, 0.2) is 11.6 Å². The van der Waals surface area contributed by atoms with E-state index in [1.165, 1.54) is 56.4 Å². The van der Waals surface area contributed by atoms with Crippen molar-refractivity contribution in [1.29, 1.82) is 0 Å². The number of hydrogen-bond donors (Lipinski definition) is 0. The molecule has 0 bridgehead atoms. The first-order valence-corrected chi connectivity index (χ1v) is 9.79. The summed E-state index contributed by atoms with van der Waals surface area (Å²) in [5, 5.41) is 0. The number of benzene rings is 2. The lowest BCUT2D eigenvalue weighted by molar-refractivity contribution is 0.0752. The molecule has 6 nitrogen and oxygen atoms in total. The van der Waals surface area contributed by atoms with Gasteiger partial charge in [-0.3, -0.25) is 4.79 Å². The maximum Gasteiger partial charge on any atom is 0.254 e. The van der Waals surface area contributed by atoms with Gasteiger partial charge in [0, 0.05) is 32.7 Å². The van der Waals surface area contributed by atoms with E-state index in [-0.39, 0.29) is 28.7 Å². The van der Waals surface area contributed by atoms with Crippen LogP contribution in [-0.4, -0.2) is 51.3 Å². The van der Waals surface area contributed by atoms with Crippen LogP contribution in [-0.2, 0) is 16.6 Å². The zero-order valence-electron chi connectivity index (χ0n) is 15.8. The lowest BCUT2D eigenvalue weighted by Gasteiger charge is -2.22. The van der Waals surface area contributed by atoms with Gasteiger partial charge in [-0.2, -0.15) is 0 Å². The number of hydrogen-bond acceptors (Lipinski definition) is 4. The monoisotopic (exact) mass is 394 g/mol. The predicted octanol–water partition coefficient (Wildman–Crippen LogP) is 2.75. The molecule has 0 unspecified atom stereocenters. The van der Waals surface area contributed by atoms with Crippen LogP contribution in [0.15, 0.2) is 47.4 Å². The molecule has 0 saturated heterocycles. The van der Waals surface area contributed by atoms with Crippen LogP contribution in [0.3, 0.4) is 0 Å². The minimum absolute atomic E-state index is 0.0462. The molecule has 2 rings (SSSR count). The second-order valence-electron chi connectivity index (χ2n) is 6.10. The molecule has 0 N–H and O–H groups in total. The van der Waals surface area contributed by atoms with Crippen LogP contribution < -0.4 is 4.74 Å². The van der Waals surface area contributed by atoms with Gasteiger partial charge >= 0.3 is 0 Å². The van der Waals surface area contributed by atoms with E-state index in [0.717, 1.165) is 4.31 Å². The van der Waals surface area contributed by atoms with Gasteiger partial charge in [-0.15, -0.1) is 0 Å². The van der Waals surface area contributed by atoms with Gasteiger partial charge < -0.3 is 9.64 Å². The Morgan fingerprint density at radius 2 is 1.85 bits per heavy atom. The summed E-state index contributed by atoms with van der Waals surface area (Å²) >= 11 is 0. The van der Waals surface area contributed by atoms with Gasteiger partial charge in [0.2, 0.25) is 10.0 Å². The van der Waals surface area contributed by atoms with Crippen LogP contribution in [0.2, 0.25) is 0 Å². The van der Waals surface area contributed by atoms with Gasteiger partial charge in [-0.1, -0.05) is 12.1 Å². The van der Waals surface area contributed by atoms with Crippen molar-refractivity contribution < 1.29 is 22.3 Å². The number of nitrogens with zero attached hydrogens (tertiary/aromatic N) is 2. The molecule has 0 saturated carbocycles. The van der Waals surface area contributed by atoms with Crippen molar-refractivity contribution in [2.75, 3.05) is 27.7 Å². The Morgan fingerprint density at radius 1 is 1.15 bits per heavy atom. The van der Waals surface area contributed by atoms with Crippen LogP contribution in [0, 0.1) is 5.82 Å². The van der Waals surface area contributed by atoms with Crippen molar-refractivity contribution in [2.45, 2.75) is 18.4 Å². The first-order chi connectivity index (χ1) is 12.7. The summed E-state index contributed by atoms with van der Waals surface area (Å²) in [6.45, 7) is 2.39. The summed E-state index contributed by atoms with van der Waals surface area (Å²) in [4.78, 5) is 14.4. The van der Waals surface area contributed by atoms with Crippen molar-refractivity contribution in [3.63, 3.8) is 0 Å². The third-order valence-corrected chi connectivity index (χ3v) is 5.93. The fraction of sp³-hybridized carbons (Fsp3) is 0.316. The molecule has 0 spiro atoms. The second-order valence-corrected chi connectivity index (χ2v) is 8.26. The van der Waals surface area contributed by atoms with Crippen LogP contribution >= 0.6 is 0 Å². The van der Waals surface area contributed by atoms with Gasteiger partial charge in [0.05, 0.1) is 12.0 Å². The molecular formula is C19H23FN2O4S. The molecule has 2 aromatic rings. The van der Waals surface area contributed by atoms with E-state index in [1.54, 1.807) is 19.1 Å². The van der Waals surface area contributed by atoms with E-state index in [2.05, 4.69) is 0 Å². The molecule has 8 heteroatoms. The first-order valence-electron chi connectivity index (χ1n) is 8.35. The van der Waals surface area contributed by atoms with Crippen molar-refractivity contribution >= 4 is 15.9 Å². The highest BCUT2D eigenvalue weighted by atomic mass is 32.2. The molecule has 0 aliphatic carbocycles. The maximum atomic E-state index is 13.9. The zero-order valence-corrected chi connectivity index (χ0v) is 16.6. The molecule has 0 aliphatic heterocycles. The molecule has 0 radical (unpaired) electrons.